The van der Waals surface area contributed by atoms with Gasteiger partial charge in [-0.3, -0.25) is 0 Å². The zero-order valence-electron chi connectivity index (χ0n) is 10.8. The van der Waals surface area contributed by atoms with Crippen LogP contribution in [0.25, 0.3) is 0 Å². The number of anilines is 1. The van der Waals surface area contributed by atoms with Gasteiger partial charge in [-0.2, -0.15) is 4.98 Å². The Balaban J connectivity index is 2.03. The maximum atomic E-state index is 11.5. The van der Waals surface area contributed by atoms with Gasteiger partial charge in [0.2, 0.25) is 5.89 Å². The Morgan fingerprint density at radius 3 is 3.00 bits per heavy atom. The molecule has 0 unspecified atom stereocenters. The molecule has 19 heavy (non-hydrogen) atoms. The predicted octanol–water partition coefficient (Wildman–Crippen LogP) is 0.576. The Hall–Kier alpha value is -2.38. The van der Waals surface area contributed by atoms with Crippen molar-refractivity contribution in [3.05, 3.63) is 23.7 Å². The molecule has 0 saturated heterocycles. The summed E-state index contributed by atoms with van der Waals surface area (Å²) < 4.78 is 11.4. The second kappa shape index (κ2) is 5.51. The molecule has 0 spiro atoms. The lowest BCUT2D eigenvalue weighted by Crippen LogP contribution is -2.11. The van der Waals surface area contributed by atoms with Crippen LogP contribution in [0.15, 0.2) is 10.9 Å². The minimum absolute atomic E-state index is 0.131. The number of nitrogens with two attached hydrogens (primary N) is 1. The molecule has 0 aliphatic rings. The fourth-order valence-electron chi connectivity index (χ4n) is 1.59. The number of ether oxygens (including phenoxy) is 1. The lowest BCUT2D eigenvalue weighted by molar-refractivity contribution is 0.0521. The van der Waals surface area contributed by atoms with E-state index < -0.39 is 5.97 Å². The van der Waals surface area contributed by atoms with Crippen molar-refractivity contribution in [2.24, 2.45) is 0 Å². The highest BCUT2D eigenvalue weighted by molar-refractivity contribution is 5.92. The highest BCUT2D eigenvalue weighted by atomic mass is 16.5. The number of esters is 1. The van der Waals surface area contributed by atoms with E-state index in [0.29, 0.717) is 24.7 Å². The molecular weight excluding hydrogens is 250 g/mol. The Bertz CT molecular complexity index is 575. The van der Waals surface area contributed by atoms with E-state index in [1.54, 1.807) is 18.4 Å². The van der Waals surface area contributed by atoms with Crippen molar-refractivity contribution in [1.29, 1.82) is 0 Å². The molecule has 2 rings (SSSR count). The van der Waals surface area contributed by atoms with Crippen LogP contribution in [0.2, 0.25) is 0 Å². The molecule has 2 aromatic heterocycles. The number of imidazole rings is 1. The van der Waals surface area contributed by atoms with Gasteiger partial charge in [0.05, 0.1) is 12.9 Å². The molecule has 0 amide bonds. The van der Waals surface area contributed by atoms with Crippen molar-refractivity contribution in [3.8, 4) is 0 Å². The molecule has 0 atom stereocenters. The summed E-state index contributed by atoms with van der Waals surface area (Å²) in [5, 5.41) is 3.78. The average molecular weight is 265 g/mol. The zero-order valence-corrected chi connectivity index (χ0v) is 10.8. The van der Waals surface area contributed by atoms with Crippen molar-refractivity contribution in [3.63, 3.8) is 0 Å². The predicted molar refractivity (Wildman–Crippen MR) is 65.3 cm³/mol. The Labute approximate surface area is 109 Å². The van der Waals surface area contributed by atoms with E-state index in [2.05, 4.69) is 15.1 Å². The SMILES string of the molecule is CCOC(=O)c1ncn(CCc2noc(C)n2)c1N. The molecule has 2 aromatic rings. The van der Waals surface area contributed by atoms with Crippen LogP contribution in [0, 0.1) is 6.92 Å². The van der Waals surface area contributed by atoms with Crippen molar-refractivity contribution in [2.75, 3.05) is 12.3 Å². The Morgan fingerprint density at radius 2 is 2.37 bits per heavy atom. The van der Waals surface area contributed by atoms with Crippen LogP contribution < -0.4 is 5.73 Å². The second-order valence-electron chi connectivity index (χ2n) is 3.87. The number of hydrogen-bond donors (Lipinski definition) is 1. The molecule has 0 radical (unpaired) electrons. The molecule has 0 aliphatic heterocycles. The van der Waals surface area contributed by atoms with Gasteiger partial charge in [0.25, 0.3) is 0 Å². The number of aromatic nitrogens is 4. The maximum Gasteiger partial charge on any atom is 0.360 e. The number of carbonyl (C=O) groups is 1. The third-order valence-electron chi connectivity index (χ3n) is 2.49. The molecule has 2 heterocycles. The van der Waals surface area contributed by atoms with Crippen LogP contribution >= 0.6 is 0 Å². The largest absolute Gasteiger partial charge is 0.461 e. The number of nitrogen functional groups attached to an aromatic ring is 1. The lowest BCUT2D eigenvalue weighted by atomic mass is 10.4. The van der Waals surface area contributed by atoms with Crippen LogP contribution in [-0.4, -0.2) is 32.3 Å². The highest BCUT2D eigenvalue weighted by Crippen LogP contribution is 2.12. The molecule has 102 valence electrons. The Morgan fingerprint density at radius 1 is 1.58 bits per heavy atom. The lowest BCUT2D eigenvalue weighted by Gasteiger charge is -2.03. The van der Waals surface area contributed by atoms with Crippen LogP contribution in [-0.2, 0) is 17.7 Å². The summed E-state index contributed by atoms with van der Waals surface area (Å²) in [5.74, 6) is 0.858. The van der Waals surface area contributed by atoms with Gasteiger partial charge in [0.15, 0.2) is 11.5 Å². The molecule has 0 fully saturated rings. The van der Waals surface area contributed by atoms with E-state index in [4.69, 9.17) is 15.0 Å². The molecular formula is C11H15N5O3. The molecule has 2 N–H and O–H groups in total. The number of rotatable bonds is 5. The zero-order chi connectivity index (χ0) is 13.8. The molecule has 0 saturated carbocycles. The fraction of sp³-hybridized carbons (Fsp3) is 0.455. The first-order chi connectivity index (χ1) is 9.11. The highest BCUT2D eigenvalue weighted by Gasteiger charge is 2.16. The van der Waals surface area contributed by atoms with Gasteiger partial charge in [-0.25, -0.2) is 9.78 Å². The molecule has 8 heteroatoms. The van der Waals surface area contributed by atoms with E-state index in [0.717, 1.165) is 0 Å². The summed E-state index contributed by atoms with van der Waals surface area (Å²) in [6.07, 6.45) is 2.04. The second-order valence-corrected chi connectivity index (χ2v) is 3.87. The number of hydrogen-bond acceptors (Lipinski definition) is 7. The van der Waals surface area contributed by atoms with Crippen LogP contribution in [0.1, 0.15) is 29.1 Å². The van der Waals surface area contributed by atoms with E-state index in [9.17, 15) is 4.79 Å². The third-order valence-corrected chi connectivity index (χ3v) is 2.49. The summed E-state index contributed by atoms with van der Waals surface area (Å²) >= 11 is 0. The van der Waals surface area contributed by atoms with Gasteiger partial charge < -0.3 is 19.6 Å². The summed E-state index contributed by atoms with van der Waals surface area (Å²) in [4.78, 5) is 19.6. The van der Waals surface area contributed by atoms with Crippen LogP contribution in [0.5, 0.6) is 0 Å². The van der Waals surface area contributed by atoms with Gasteiger partial charge in [-0.1, -0.05) is 5.16 Å². The van der Waals surface area contributed by atoms with Gasteiger partial charge in [0.1, 0.15) is 5.82 Å². The van der Waals surface area contributed by atoms with Gasteiger partial charge in [-0.15, -0.1) is 0 Å². The first-order valence-electron chi connectivity index (χ1n) is 5.88. The number of nitrogens with zero attached hydrogens (tertiary/aromatic N) is 4. The monoisotopic (exact) mass is 265 g/mol. The fourth-order valence-corrected chi connectivity index (χ4v) is 1.59. The summed E-state index contributed by atoms with van der Waals surface area (Å²) in [6.45, 7) is 4.25. The summed E-state index contributed by atoms with van der Waals surface area (Å²) in [6, 6.07) is 0. The summed E-state index contributed by atoms with van der Waals surface area (Å²) in [7, 11) is 0. The van der Waals surface area contributed by atoms with Gasteiger partial charge in [0, 0.05) is 19.9 Å². The van der Waals surface area contributed by atoms with Crippen LogP contribution in [0.4, 0.5) is 5.82 Å². The van der Waals surface area contributed by atoms with Crippen molar-refractivity contribution in [2.45, 2.75) is 26.8 Å². The first-order valence-corrected chi connectivity index (χ1v) is 5.88. The first kappa shape index (κ1) is 13.1. The number of carbonyl (C=O) groups excluding carboxylic acids is 1. The van der Waals surface area contributed by atoms with E-state index >= 15 is 0 Å². The van der Waals surface area contributed by atoms with E-state index in [-0.39, 0.29) is 18.1 Å². The average Bonchev–Trinajstić information content (AvgIpc) is 2.94. The van der Waals surface area contributed by atoms with Gasteiger partial charge in [-0.05, 0) is 6.92 Å². The van der Waals surface area contributed by atoms with E-state index in [1.165, 1.54) is 6.33 Å². The van der Waals surface area contributed by atoms with Gasteiger partial charge >= 0.3 is 5.97 Å². The molecule has 0 bridgehead atoms. The minimum atomic E-state index is -0.519. The minimum Gasteiger partial charge on any atom is -0.461 e. The molecule has 0 aromatic carbocycles. The Kier molecular flexibility index (Phi) is 3.79. The third kappa shape index (κ3) is 2.90. The molecule has 0 aliphatic carbocycles. The number of aryl methyl sites for hydroxylation is 3. The van der Waals surface area contributed by atoms with Crippen molar-refractivity contribution in [1.82, 2.24) is 19.7 Å². The van der Waals surface area contributed by atoms with Crippen LogP contribution in [0.3, 0.4) is 0 Å². The smallest absolute Gasteiger partial charge is 0.360 e. The standard InChI is InChI=1S/C11H15N5O3/c1-3-18-11(17)9-10(12)16(6-13-9)5-4-8-14-7(2)19-15-8/h6H,3-5,12H2,1-2H3. The quantitative estimate of drug-likeness (QED) is 0.787. The summed E-state index contributed by atoms with van der Waals surface area (Å²) in [5.41, 5.74) is 5.97. The molecule has 8 nitrogen and oxygen atoms in total. The normalized spacial score (nSPS) is 10.6. The van der Waals surface area contributed by atoms with Crippen molar-refractivity contribution >= 4 is 11.8 Å². The van der Waals surface area contributed by atoms with Crippen molar-refractivity contribution < 1.29 is 14.1 Å². The van der Waals surface area contributed by atoms with E-state index in [1.807, 2.05) is 0 Å². The maximum absolute atomic E-state index is 11.5. The topological polar surface area (TPSA) is 109 Å².